The predicted molar refractivity (Wildman–Crippen MR) is 83.5 cm³/mol. The second-order valence-corrected chi connectivity index (χ2v) is 6.32. The average molecular weight is 307 g/mol. The topological polar surface area (TPSA) is 75.4 Å². The molecule has 0 radical (unpaired) electrons. The van der Waals surface area contributed by atoms with Crippen molar-refractivity contribution in [3.05, 3.63) is 29.8 Å². The fourth-order valence-corrected chi connectivity index (χ4v) is 3.37. The summed E-state index contributed by atoms with van der Waals surface area (Å²) in [7, 11) is 0. The number of carbonyl (C=O) groups excluding carboxylic acids is 2. The van der Waals surface area contributed by atoms with Crippen LogP contribution in [-0.2, 0) is 9.59 Å². The van der Waals surface area contributed by atoms with E-state index < -0.39 is 0 Å². The van der Waals surface area contributed by atoms with Gasteiger partial charge in [-0.05, 0) is 31.9 Å². The van der Waals surface area contributed by atoms with Crippen LogP contribution in [0.4, 0.5) is 0 Å². The van der Waals surface area contributed by atoms with E-state index in [1.54, 1.807) is 11.8 Å². The smallest absolute Gasteiger partial charge is 0.237 e. The number of hydrogen-bond donors (Lipinski definition) is 2. The van der Waals surface area contributed by atoms with Gasteiger partial charge in [0.2, 0.25) is 11.8 Å². The Morgan fingerprint density at radius 2 is 2.10 bits per heavy atom. The lowest BCUT2D eigenvalue weighted by Crippen LogP contribution is -2.45. The monoisotopic (exact) mass is 307 g/mol. The standard InChI is InChI=1S/C15H21N3O2S/c1-11-3-2-4-13(9-11)21-10-14(19)18-7-5-12(6-8-18)15(20)17-16/h2-4,9,12H,5-8,10,16H2,1H3,(H,17,20). The van der Waals surface area contributed by atoms with E-state index in [0.717, 1.165) is 4.90 Å². The molecule has 0 bridgehead atoms. The van der Waals surface area contributed by atoms with Crippen LogP contribution >= 0.6 is 11.8 Å². The van der Waals surface area contributed by atoms with Crippen molar-refractivity contribution in [2.75, 3.05) is 18.8 Å². The van der Waals surface area contributed by atoms with Crippen molar-refractivity contribution in [1.82, 2.24) is 10.3 Å². The highest BCUT2D eigenvalue weighted by atomic mass is 32.2. The number of aryl methyl sites for hydroxylation is 1. The molecule has 0 spiro atoms. The van der Waals surface area contributed by atoms with Gasteiger partial charge in [0.15, 0.2) is 0 Å². The molecule has 1 aromatic rings. The summed E-state index contributed by atoms with van der Waals surface area (Å²) in [4.78, 5) is 26.6. The molecule has 2 amide bonds. The number of piperidine rings is 1. The van der Waals surface area contributed by atoms with E-state index in [2.05, 4.69) is 11.5 Å². The number of nitrogens with one attached hydrogen (secondary N) is 1. The van der Waals surface area contributed by atoms with Crippen LogP contribution in [0.25, 0.3) is 0 Å². The fourth-order valence-electron chi connectivity index (χ4n) is 2.45. The predicted octanol–water partition coefficient (Wildman–Crippen LogP) is 1.32. The Hall–Kier alpha value is -1.53. The van der Waals surface area contributed by atoms with Gasteiger partial charge in [-0.25, -0.2) is 5.84 Å². The molecule has 3 N–H and O–H groups in total. The van der Waals surface area contributed by atoms with Crippen LogP contribution in [0.2, 0.25) is 0 Å². The van der Waals surface area contributed by atoms with E-state index in [0.29, 0.717) is 31.7 Å². The highest BCUT2D eigenvalue weighted by Gasteiger charge is 2.26. The second-order valence-electron chi connectivity index (χ2n) is 5.27. The molecule has 1 aliphatic heterocycles. The van der Waals surface area contributed by atoms with E-state index in [1.165, 1.54) is 5.56 Å². The van der Waals surface area contributed by atoms with Crippen molar-refractivity contribution in [2.45, 2.75) is 24.7 Å². The van der Waals surface area contributed by atoms with Gasteiger partial charge in [0.1, 0.15) is 0 Å². The Morgan fingerprint density at radius 1 is 1.38 bits per heavy atom. The minimum atomic E-state index is -0.128. The van der Waals surface area contributed by atoms with Crippen LogP contribution in [0.15, 0.2) is 29.2 Å². The van der Waals surface area contributed by atoms with Crippen LogP contribution in [0.5, 0.6) is 0 Å². The lowest BCUT2D eigenvalue weighted by atomic mass is 9.96. The zero-order valence-corrected chi connectivity index (χ0v) is 13.0. The third-order valence-corrected chi connectivity index (χ3v) is 4.69. The average Bonchev–Trinajstić information content (AvgIpc) is 2.52. The van der Waals surface area contributed by atoms with E-state index in [9.17, 15) is 9.59 Å². The molecule has 5 nitrogen and oxygen atoms in total. The van der Waals surface area contributed by atoms with Gasteiger partial charge in [-0.2, -0.15) is 0 Å². The number of hydrazine groups is 1. The van der Waals surface area contributed by atoms with Gasteiger partial charge in [-0.15, -0.1) is 11.8 Å². The number of thioether (sulfide) groups is 1. The number of amides is 2. The number of benzene rings is 1. The molecule has 114 valence electrons. The van der Waals surface area contributed by atoms with Gasteiger partial charge in [0, 0.05) is 23.9 Å². The molecule has 1 saturated heterocycles. The molecule has 21 heavy (non-hydrogen) atoms. The van der Waals surface area contributed by atoms with Gasteiger partial charge in [0.25, 0.3) is 0 Å². The van der Waals surface area contributed by atoms with E-state index >= 15 is 0 Å². The van der Waals surface area contributed by atoms with Crippen LogP contribution in [0.3, 0.4) is 0 Å². The van der Waals surface area contributed by atoms with Gasteiger partial charge < -0.3 is 4.90 Å². The Bertz CT molecular complexity index is 513. The largest absolute Gasteiger partial charge is 0.342 e. The van der Waals surface area contributed by atoms with Crippen molar-refractivity contribution >= 4 is 23.6 Å². The third kappa shape index (κ3) is 4.47. The Labute approximate surface area is 129 Å². The zero-order valence-electron chi connectivity index (χ0n) is 12.2. The first kappa shape index (κ1) is 15.9. The van der Waals surface area contributed by atoms with E-state index in [-0.39, 0.29) is 17.7 Å². The highest BCUT2D eigenvalue weighted by Crippen LogP contribution is 2.22. The maximum absolute atomic E-state index is 12.2. The fraction of sp³-hybridized carbons (Fsp3) is 0.467. The molecule has 0 saturated carbocycles. The molecular weight excluding hydrogens is 286 g/mol. The molecule has 2 rings (SSSR count). The minimum absolute atomic E-state index is 0.0662. The quantitative estimate of drug-likeness (QED) is 0.381. The van der Waals surface area contributed by atoms with Crippen molar-refractivity contribution < 1.29 is 9.59 Å². The Balaban J connectivity index is 1.78. The second kappa shape index (κ2) is 7.47. The molecule has 1 aromatic carbocycles. The van der Waals surface area contributed by atoms with Gasteiger partial charge in [0.05, 0.1) is 5.75 Å². The number of nitrogens with two attached hydrogens (primary N) is 1. The first-order chi connectivity index (χ1) is 10.1. The van der Waals surface area contributed by atoms with Crippen molar-refractivity contribution in [3.8, 4) is 0 Å². The normalized spacial score (nSPS) is 15.8. The molecule has 6 heteroatoms. The Morgan fingerprint density at radius 3 is 2.71 bits per heavy atom. The summed E-state index contributed by atoms with van der Waals surface area (Å²) >= 11 is 1.56. The number of likely N-dealkylation sites (tertiary alicyclic amines) is 1. The maximum Gasteiger partial charge on any atom is 0.237 e. The molecule has 1 aliphatic rings. The molecule has 0 unspecified atom stereocenters. The van der Waals surface area contributed by atoms with Crippen LogP contribution in [0, 0.1) is 12.8 Å². The number of nitrogens with zero attached hydrogens (tertiary/aromatic N) is 1. The molecule has 1 fully saturated rings. The van der Waals surface area contributed by atoms with Crippen molar-refractivity contribution in [1.29, 1.82) is 0 Å². The lowest BCUT2D eigenvalue weighted by Gasteiger charge is -2.31. The summed E-state index contributed by atoms with van der Waals surface area (Å²) in [5, 5.41) is 0. The summed E-state index contributed by atoms with van der Waals surface area (Å²) < 4.78 is 0. The van der Waals surface area contributed by atoms with Gasteiger partial charge in [-0.1, -0.05) is 17.7 Å². The maximum atomic E-state index is 12.2. The molecule has 0 atom stereocenters. The van der Waals surface area contributed by atoms with Crippen molar-refractivity contribution in [2.24, 2.45) is 11.8 Å². The SMILES string of the molecule is Cc1cccc(SCC(=O)N2CCC(C(=O)NN)CC2)c1. The minimum Gasteiger partial charge on any atom is -0.342 e. The van der Waals surface area contributed by atoms with Crippen LogP contribution in [0.1, 0.15) is 18.4 Å². The summed E-state index contributed by atoms with van der Waals surface area (Å²) in [5.41, 5.74) is 3.38. The number of hydrogen-bond acceptors (Lipinski definition) is 4. The number of carbonyl (C=O) groups is 2. The number of rotatable bonds is 4. The summed E-state index contributed by atoms with van der Waals surface area (Å²) in [6.45, 7) is 3.30. The Kier molecular flexibility index (Phi) is 5.64. The van der Waals surface area contributed by atoms with Gasteiger partial charge in [-0.3, -0.25) is 15.0 Å². The zero-order chi connectivity index (χ0) is 15.2. The van der Waals surface area contributed by atoms with Crippen LogP contribution in [-0.4, -0.2) is 35.6 Å². The highest BCUT2D eigenvalue weighted by molar-refractivity contribution is 8.00. The van der Waals surface area contributed by atoms with E-state index in [1.807, 2.05) is 30.0 Å². The van der Waals surface area contributed by atoms with Crippen LogP contribution < -0.4 is 11.3 Å². The summed E-state index contributed by atoms with van der Waals surface area (Å²) in [5.74, 6) is 5.52. The first-order valence-corrected chi connectivity index (χ1v) is 8.06. The van der Waals surface area contributed by atoms with E-state index in [4.69, 9.17) is 5.84 Å². The molecule has 0 aliphatic carbocycles. The third-order valence-electron chi connectivity index (χ3n) is 3.71. The summed E-state index contributed by atoms with van der Waals surface area (Å²) in [6, 6.07) is 8.14. The first-order valence-electron chi connectivity index (χ1n) is 7.08. The molecular formula is C15H21N3O2S. The lowest BCUT2D eigenvalue weighted by molar-refractivity contribution is -0.133. The summed E-state index contributed by atoms with van der Waals surface area (Å²) in [6.07, 6.45) is 1.37. The molecule has 1 heterocycles. The van der Waals surface area contributed by atoms with Gasteiger partial charge >= 0.3 is 0 Å². The molecule has 0 aromatic heterocycles. The van der Waals surface area contributed by atoms with Crippen molar-refractivity contribution in [3.63, 3.8) is 0 Å².